The van der Waals surface area contributed by atoms with Crippen LogP contribution in [0.3, 0.4) is 0 Å². The van der Waals surface area contributed by atoms with E-state index in [-0.39, 0.29) is 18.4 Å². The first-order valence-electron chi connectivity index (χ1n) is 6.48. The second-order valence-corrected chi connectivity index (χ2v) is 5.22. The Morgan fingerprint density at radius 2 is 2.00 bits per heavy atom. The molecule has 0 N–H and O–H groups in total. The molecule has 0 amide bonds. The van der Waals surface area contributed by atoms with Crippen molar-refractivity contribution in [3.63, 3.8) is 0 Å². The minimum Gasteiger partial charge on any atom is -0.465 e. The van der Waals surface area contributed by atoms with Crippen LogP contribution in [0.25, 0.3) is 0 Å². The summed E-state index contributed by atoms with van der Waals surface area (Å²) in [7, 11) is 4.08. The molecule has 0 aromatic heterocycles. The lowest BCUT2D eigenvalue weighted by Crippen LogP contribution is -2.29. The van der Waals surface area contributed by atoms with Crippen LogP contribution < -0.4 is 0 Å². The Bertz CT molecular complexity index is 421. The van der Waals surface area contributed by atoms with Gasteiger partial charge in [-0.05, 0) is 38.9 Å². The van der Waals surface area contributed by atoms with E-state index in [9.17, 15) is 4.79 Å². The summed E-state index contributed by atoms with van der Waals surface area (Å²) in [5, 5.41) is 0. The maximum Gasteiger partial charge on any atom is 0.316 e. The number of benzene rings is 1. The molecule has 0 bridgehead atoms. The molecule has 1 aliphatic carbocycles. The van der Waals surface area contributed by atoms with Gasteiger partial charge in [-0.3, -0.25) is 4.79 Å². The molecule has 4 heteroatoms. The van der Waals surface area contributed by atoms with E-state index in [1.54, 1.807) is 0 Å². The summed E-state index contributed by atoms with van der Waals surface area (Å²) < 4.78 is 5.28. The topological polar surface area (TPSA) is 29.5 Å². The van der Waals surface area contributed by atoms with Crippen molar-refractivity contribution in [3.8, 4) is 0 Å². The second-order valence-electron chi connectivity index (χ2n) is 5.22. The molecule has 106 valence electrons. The minimum atomic E-state index is -0.401. The van der Waals surface area contributed by atoms with Crippen LogP contribution in [0.2, 0.25) is 0 Å². The third kappa shape index (κ3) is 3.10. The molecule has 0 saturated heterocycles. The van der Waals surface area contributed by atoms with Crippen LogP contribution in [-0.4, -0.2) is 38.1 Å². The molecule has 0 radical (unpaired) electrons. The average Bonchev–Trinajstić information content (AvgIpc) is 3.05. The summed E-state index contributed by atoms with van der Waals surface area (Å²) in [6, 6.07) is 10.0. The molecule has 1 aromatic carbocycles. The number of carbonyl (C=O) groups excluding carboxylic acids is 1. The molecule has 19 heavy (non-hydrogen) atoms. The van der Waals surface area contributed by atoms with Crippen molar-refractivity contribution in [1.29, 1.82) is 0 Å². The highest BCUT2D eigenvalue weighted by molar-refractivity contribution is 5.87. The number of carbonyl (C=O) groups is 1. The first kappa shape index (κ1) is 16.0. The maximum atomic E-state index is 12.3. The maximum absolute atomic E-state index is 12.3. The predicted octanol–water partition coefficient (Wildman–Crippen LogP) is 2.49. The summed E-state index contributed by atoms with van der Waals surface area (Å²) in [6.45, 7) is 3.23. The second kappa shape index (κ2) is 6.40. The van der Waals surface area contributed by atoms with E-state index in [4.69, 9.17) is 4.74 Å². The zero-order valence-corrected chi connectivity index (χ0v) is 12.6. The zero-order chi connectivity index (χ0) is 13.2. The van der Waals surface area contributed by atoms with Gasteiger partial charge in [0.05, 0.1) is 12.0 Å². The molecular formula is C15H22ClNO2. The predicted molar refractivity (Wildman–Crippen MR) is 78.7 cm³/mol. The summed E-state index contributed by atoms with van der Waals surface area (Å²) in [5.74, 6) is 0.303. The van der Waals surface area contributed by atoms with Crippen molar-refractivity contribution in [2.75, 3.05) is 27.2 Å². The highest BCUT2D eigenvalue weighted by Gasteiger charge is 2.62. The van der Waals surface area contributed by atoms with E-state index < -0.39 is 5.41 Å². The number of nitrogens with zero attached hydrogens (tertiary/aromatic N) is 1. The van der Waals surface area contributed by atoms with Crippen LogP contribution in [0.1, 0.15) is 18.9 Å². The fourth-order valence-electron chi connectivity index (χ4n) is 2.71. The fraction of sp³-hybridized carbons (Fsp3) is 0.533. The van der Waals surface area contributed by atoms with E-state index in [0.717, 1.165) is 18.5 Å². The van der Waals surface area contributed by atoms with Gasteiger partial charge in [-0.15, -0.1) is 12.4 Å². The summed E-state index contributed by atoms with van der Waals surface area (Å²) in [6.07, 6.45) is 0.897. The van der Waals surface area contributed by atoms with Crippen LogP contribution in [0.5, 0.6) is 0 Å². The van der Waals surface area contributed by atoms with Gasteiger partial charge >= 0.3 is 5.97 Å². The van der Waals surface area contributed by atoms with Gasteiger partial charge in [0.15, 0.2) is 0 Å². The third-order valence-electron chi connectivity index (χ3n) is 3.62. The van der Waals surface area contributed by atoms with Gasteiger partial charge in [0.1, 0.15) is 0 Å². The van der Waals surface area contributed by atoms with Crippen molar-refractivity contribution in [2.24, 2.45) is 5.92 Å². The van der Waals surface area contributed by atoms with Crippen LogP contribution in [0.4, 0.5) is 0 Å². The molecule has 0 heterocycles. The molecule has 1 aliphatic rings. The number of rotatable bonds is 5. The Kier molecular flexibility index (Phi) is 5.39. The smallest absolute Gasteiger partial charge is 0.316 e. The molecule has 2 atom stereocenters. The molecule has 0 aliphatic heterocycles. The lowest BCUT2D eigenvalue weighted by atomic mass is 9.93. The van der Waals surface area contributed by atoms with Crippen molar-refractivity contribution in [1.82, 2.24) is 4.90 Å². The van der Waals surface area contributed by atoms with Crippen LogP contribution in [0, 0.1) is 5.92 Å². The number of esters is 1. The number of halogens is 1. The SMILES string of the molecule is CCOC(=O)C1(c2ccccc2)CC1CN(C)C.Cl. The zero-order valence-electron chi connectivity index (χ0n) is 11.8. The van der Waals surface area contributed by atoms with Gasteiger partial charge in [-0.2, -0.15) is 0 Å². The Morgan fingerprint density at radius 1 is 1.37 bits per heavy atom. The summed E-state index contributed by atoms with van der Waals surface area (Å²) in [5.41, 5.74) is 0.692. The summed E-state index contributed by atoms with van der Waals surface area (Å²) >= 11 is 0. The van der Waals surface area contributed by atoms with Crippen LogP contribution in [0.15, 0.2) is 30.3 Å². The molecule has 0 spiro atoms. The number of hydrogen-bond donors (Lipinski definition) is 0. The van der Waals surface area contributed by atoms with Gasteiger partial charge in [-0.1, -0.05) is 30.3 Å². The Labute approximate surface area is 121 Å². The quantitative estimate of drug-likeness (QED) is 0.778. The molecule has 3 nitrogen and oxygen atoms in total. The van der Waals surface area contributed by atoms with E-state index in [1.165, 1.54) is 0 Å². The lowest BCUT2D eigenvalue weighted by Gasteiger charge is -2.18. The largest absolute Gasteiger partial charge is 0.465 e. The Balaban J connectivity index is 0.00000180. The fourth-order valence-corrected chi connectivity index (χ4v) is 2.71. The van der Waals surface area contributed by atoms with Gasteiger partial charge in [0.25, 0.3) is 0 Å². The number of ether oxygens (including phenoxy) is 1. The highest BCUT2D eigenvalue weighted by atomic mass is 35.5. The van der Waals surface area contributed by atoms with E-state index >= 15 is 0 Å². The molecule has 2 rings (SSSR count). The van der Waals surface area contributed by atoms with Gasteiger partial charge in [-0.25, -0.2) is 0 Å². The van der Waals surface area contributed by atoms with Gasteiger partial charge < -0.3 is 9.64 Å². The number of hydrogen-bond acceptors (Lipinski definition) is 3. The normalized spacial score (nSPS) is 24.7. The average molecular weight is 284 g/mol. The van der Waals surface area contributed by atoms with Crippen molar-refractivity contribution in [3.05, 3.63) is 35.9 Å². The van der Waals surface area contributed by atoms with Gasteiger partial charge in [0.2, 0.25) is 0 Å². The van der Waals surface area contributed by atoms with E-state index in [1.807, 2.05) is 51.4 Å². The van der Waals surface area contributed by atoms with Crippen LogP contribution >= 0.6 is 12.4 Å². The van der Waals surface area contributed by atoms with E-state index in [2.05, 4.69) is 4.90 Å². The first-order valence-corrected chi connectivity index (χ1v) is 6.48. The molecule has 1 aromatic rings. The summed E-state index contributed by atoms with van der Waals surface area (Å²) in [4.78, 5) is 14.4. The monoisotopic (exact) mass is 283 g/mol. The molecular weight excluding hydrogens is 262 g/mol. The highest BCUT2D eigenvalue weighted by Crippen LogP contribution is 2.55. The molecule has 1 fully saturated rings. The van der Waals surface area contributed by atoms with Crippen LogP contribution in [-0.2, 0) is 14.9 Å². The van der Waals surface area contributed by atoms with Gasteiger partial charge in [0, 0.05) is 6.54 Å². The van der Waals surface area contributed by atoms with E-state index in [0.29, 0.717) is 12.5 Å². The molecule has 1 saturated carbocycles. The third-order valence-corrected chi connectivity index (χ3v) is 3.62. The lowest BCUT2D eigenvalue weighted by molar-refractivity contribution is -0.146. The minimum absolute atomic E-state index is 0. The van der Waals surface area contributed by atoms with Crippen molar-refractivity contribution < 1.29 is 9.53 Å². The van der Waals surface area contributed by atoms with Crippen molar-refractivity contribution in [2.45, 2.75) is 18.8 Å². The molecule has 2 unspecified atom stereocenters. The van der Waals surface area contributed by atoms with Crippen molar-refractivity contribution >= 4 is 18.4 Å². The first-order chi connectivity index (χ1) is 8.61. The standard InChI is InChI=1S/C15H21NO2.ClH/c1-4-18-14(17)15(10-13(15)11-16(2)3)12-8-6-5-7-9-12;/h5-9,13H,4,10-11H2,1-3H3;1H. The Morgan fingerprint density at radius 3 is 2.53 bits per heavy atom. The Hall–Kier alpha value is -1.06.